The Balaban J connectivity index is 1.88. The Hall–Kier alpha value is -3.56. The standard InChI is InChI=1S/C27H22ClN3/c1-19(20-8-4-3-5-9-20)27(28)23-18-22(11-12-24(23)29-2)26(21-13-16-30-17-14-21)25-10-6-7-15-31-25/h3-18,26H,2H2,1H3/b27-19-. The highest BCUT2D eigenvalue weighted by Gasteiger charge is 2.20. The van der Waals surface area contributed by atoms with Crippen molar-refractivity contribution in [3.8, 4) is 0 Å². The quantitative estimate of drug-likeness (QED) is 0.244. The van der Waals surface area contributed by atoms with Crippen molar-refractivity contribution in [1.29, 1.82) is 0 Å². The van der Waals surface area contributed by atoms with Gasteiger partial charge in [-0.2, -0.15) is 0 Å². The van der Waals surface area contributed by atoms with Gasteiger partial charge in [0.1, 0.15) is 0 Å². The molecule has 0 aliphatic rings. The Labute approximate surface area is 187 Å². The van der Waals surface area contributed by atoms with Crippen LogP contribution in [-0.2, 0) is 0 Å². The van der Waals surface area contributed by atoms with Crippen molar-refractivity contribution in [3.63, 3.8) is 0 Å². The van der Waals surface area contributed by atoms with E-state index in [9.17, 15) is 0 Å². The molecule has 0 bridgehead atoms. The van der Waals surface area contributed by atoms with E-state index in [0.717, 1.165) is 39.2 Å². The number of hydrogen-bond acceptors (Lipinski definition) is 3. The van der Waals surface area contributed by atoms with Crippen LogP contribution in [0, 0.1) is 0 Å². The lowest BCUT2D eigenvalue weighted by molar-refractivity contribution is 0.914. The highest BCUT2D eigenvalue weighted by atomic mass is 35.5. The van der Waals surface area contributed by atoms with Gasteiger partial charge >= 0.3 is 0 Å². The summed E-state index contributed by atoms with van der Waals surface area (Å²) in [6.45, 7) is 5.77. The molecule has 0 N–H and O–H groups in total. The third kappa shape index (κ3) is 4.47. The molecule has 0 radical (unpaired) electrons. The average molecular weight is 424 g/mol. The molecule has 3 nitrogen and oxygen atoms in total. The number of aliphatic imine (C=N–C) groups is 1. The van der Waals surface area contributed by atoms with Gasteiger partial charge in [0.05, 0.1) is 22.3 Å². The predicted octanol–water partition coefficient (Wildman–Crippen LogP) is 7.12. The summed E-state index contributed by atoms with van der Waals surface area (Å²) in [5.41, 5.74) is 6.80. The molecule has 0 amide bonds. The summed E-state index contributed by atoms with van der Waals surface area (Å²) < 4.78 is 0. The van der Waals surface area contributed by atoms with E-state index >= 15 is 0 Å². The van der Waals surface area contributed by atoms with Crippen molar-refractivity contribution in [3.05, 3.63) is 125 Å². The van der Waals surface area contributed by atoms with Gasteiger partial charge in [0.2, 0.25) is 0 Å². The topological polar surface area (TPSA) is 38.1 Å². The first-order valence-electron chi connectivity index (χ1n) is 10.0. The lowest BCUT2D eigenvalue weighted by atomic mass is 9.87. The summed E-state index contributed by atoms with van der Waals surface area (Å²) in [6, 6.07) is 26.2. The maximum atomic E-state index is 6.91. The normalized spacial score (nSPS) is 12.7. The van der Waals surface area contributed by atoms with Crippen LogP contribution in [0.15, 0.2) is 102 Å². The molecule has 1 unspecified atom stereocenters. The fourth-order valence-electron chi connectivity index (χ4n) is 3.70. The molecule has 0 saturated carbocycles. The van der Waals surface area contributed by atoms with Gasteiger partial charge < -0.3 is 0 Å². The van der Waals surface area contributed by atoms with E-state index < -0.39 is 0 Å². The molecule has 0 aliphatic heterocycles. The van der Waals surface area contributed by atoms with Crippen molar-refractivity contribution in [2.75, 3.05) is 0 Å². The second-order valence-electron chi connectivity index (χ2n) is 7.21. The van der Waals surface area contributed by atoms with E-state index in [2.05, 4.69) is 45.9 Å². The van der Waals surface area contributed by atoms with Crippen LogP contribution in [0.1, 0.15) is 40.8 Å². The summed E-state index contributed by atoms with van der Waals surface area (Å²) in [4.78, 5) is 13.0. The molecule has 4 aromatic rings. The molecular weight excluding hydrogens is 402 g/mol. The van der Waals surface area contributed by atoms with Gasteiger partial charge in [-0.15, -0.1) is 0 Å². The molecule has 4 heteroatoms. The molecule has 2 aromatic carbocycles. The molecule has 0 saturated heterocycles. The summed E-state index contributed by atoms with van der Waals surface area (Å²) in [6.07, 6.45) is 5.42. The molecule has 1 atom stereocenters. The number of aromatic nitrogens is 2. The van der Waals surface area contributed by atoms with E-state index in [1.807, 2.05) is 67.7 Å². The fourth-order valence-corrected chi connectivity index (χ4v) is 3.96. The molecule has 0 aliphatic carbocycles. The first kappa shape index (κ1) is 20.7. The summed E-state index contributed by atoms with van der Waals surface area (Å²) in [7, 11) is 0. The van der Waals surface area contributed by atoms with E-state index in [1.54, 1.807) is 12.4 Å². The van der Waals surface area contributed by atoms with E-state index in [-0.39, 0.29) is 5.92 Å². The number of allylic oxidation sites excluding steroid dienone is 1. The number of rotatable bonds is 6. The zero-order chi connectivity index (χ0) is 21.6. The van der Waals surface area contributed by atoms with Crippen LogP contribution in [0.25, 0.3) is 10.6 Å². The maximum Gasteiger partial charge on any atom is 0.0709 e. The highest BCUT2D eigenvalue weighted by molar-refractivity contribution is 6.53. The molecule has 4 rings (SSSR count). The van der Waals surface area contributed by atoms with Crippen LogP contribution in [0.3, 0.4) is 0 Å². The molecule has 0 spiro atoms. The van der Waals surface area contributed by atoms with E-state index in [0.29, 0.717) is 5.03 Å². The smallest absolute Gasteiger partial charge is 0.0709 e. The van der Waals surface area contributed by atoms with Gasteiger partial charge in [-0.1, -0.05) is 54.1 Å². The Kier molecular flexibility index (Phi) is 6.34. The average Bonchev–Trinajstić information content (AvgIpc) is 2.85. The van der Waals surface area contributed by atoms with Crippen LogP contribution in [0.5, 0.6) is 0 Å². The van der Waals surface area contributed by atoms with Crippen molar-refractivity contribution in [1.82, 2.24) is 9.97 Å². The first-order valence-corrected chi connectivity index (χ1v) is 10.4. The van der Waals surface area contributed by atoms with Crippen molar-refractivity contribution in [2.24, 2.45) is 4.99 Å². The maximum absolute atomic E-state index is 6.91. The Bertz CT molecular complexity index is 1160. The zero-order valence-corrected chi connectivity index (χ0v) is 18.0. The Morgan fingerprint density at radius 1 is 0.871 bits per heavy atom. The predicted molar refractivity (Wildman–Crippen MR) is 130 cm³/mol. The van der Waals surface area contributed by atoms with E-state index in [1.165, 1.54) is 0 Å². The van der Waals surface area contributed by atoms with Crippen molar-refractivity contribution in [2.45, 2.75) is 12.8 Å². The molecular formula is C27H22ClN3. The van der Waals surface area contributed by atoms with Crippen LogP contribution in [0.4, 0.5) is 5.69 Å². The molecule has 0 fully saturated rings. The minimum Gasteiger partial charge on any atom is -0.265 e. The van der Waals surface area contributed by atoms with Crippen molar-refractivity contribution < 1.29 is 0 Å². The Morgan fingerprint density at radius 2 is 1.61 bits per heavy atom. The van der Waals surface area contributed by atoms with Gasteiger partial charge in [0, 0.05) is 24.2 Å². The lowest BCUT2D eigenvalue weighted by Gasteiger charge is -2.19. The molecule has 152 valence electrons. The fraction of sp³-hybridized carbons (Fsp3) is 0.0741. The third-order valence-corrected chi connectivity index (χ3v) is 5.81. The van der Waals surface area contributed by atoms with Crippen LogP contribution in [0.2, 0.25) is 0 Å². The summed E-state index contributed by atoms with van der Waals surface area (Å²) >= 11 is 6.91. The van der Waals surface area contributed by atoms with Gasteiger partial charge in [-0.25, -0.2) is 0 Å². The number of nitrogens with zero attached hydrogens (tertiary/aromatic N) is 3. The van der Waals surface area contributed by atoms with Crippen LogP contribution in [-0.4, -0.2) is 16.7 Å². The van der Waals surface area contributed by atoms with Crippen molar-refractivity contribution >= 4 is 34.6 Å². The van der Waals surface area contributed by atoms with Gasteiger partial charge in [0.15, 0.2) is 0 Å². The second-order valence-corrected chi connectivity index (χ2v) is 7.59. The summed E-state index contributed by atoms with van der Waals surface area (Å²) in [5.74, 6) is -0.0525. The minimum absolute atomic E-state index is 0.0525. The monoisotopic (exact) mass is 423 g/mol. The van der Waals surface area contributed by atoms with Crippen LogP contribution < -0.4 is 0 Å². The minimum atomic E-state index is -0.0525. The number of benzene rings is 2. The number of halogens is 1. The van der Waals surface area contributed by atoms with Gasteiger partial charge in [-0.05, 0) is 72.3 Å². The first-order chi connectivity index (χ1) is 15.2. The highest BCUT2D eigenvalue weighted by Crippen LogP contribution is 2.39. The van der Waals surface area contributed by atoms with E-state index in [4.69, 9.17) is 11.6 Å². The molecule has 31 heavy (non-hydrogen) atoms. The largest absolute Gasteiger partial charge is 0.265 e. The number of pyridine rings is 2. The third-order valence-electron chi connectivity index (χ3n) is 5.32. The second kappa shape index (κ2) is 9.50. The van der Waals surface area contributed by atoms with Crippen LogP contribution >= 0.6 is 11.6 Å². The van der Waals surface area contributed by atoms with Gasteiger partial charge in [-0.3, -0.25) is 15.0 Å². The SMILES string of the molecule is C=Nc1ccc(C(c2ccncc2)c2ccccn2)cc1/C(Cl)=C(\C)c1ccccc1. The summed E-state index contributed by atoms with van der Waals surface area (Å²) in [5, 5.41) is 0.657. The molecule has 2 aromatic heterocycles. The number of hydrogen-bond donors (Lipinski definition) is 0. The lowest BCUT2D eigenvalue weighted by Crippen LogP contribution is -2.06. The molecule has 2 heterocycles. The zero-order valence-electron chi connectivity index (χ0n) is 17.2. The Morgan fingerprint density at radius 3 is 2.29 bits per heavy atom. The van der Waals surface area contributed by atoms with Gasteiger partial charge in [0.25, 0.3) is 0 Å².